The van der Waals surface area contributed by atoms with Crippen LogP contribution in [0, 0.1) is 5.92 Å². The molecule has 1 saturated carbocycles. The summed E-state index contributed by atoms with van der Waals surface area (Å²) in [4.78, 5) is 28.0. The molecule has 0 bridgehead atoms. The van der Waals surface area contributed by atoms with Gasteiger partial charge in [0.1, 0.15) is 5.56 Å². The van der Waals surface area contributed by atoms with Crippen LogP contribution in [0.2, 0.25) is 0 Å². The van der Waals surface area contributed by atoms with Gasteiger partial charge >= 0.3 is 5.69 Å². The molecule has 28 heavy (non-hydrogen) atoms. The smallest absolute Gasteiger partial charge is 0.328 e. The molecule has 0 radical (unpaired) electrons. The van der Waals surface area contributed by atoms with E-state index < -0.39 is 59.2 Å². The zero-order chi connectivity index (χ0) is 20.5. The monoisotopic (exact) mass is 400 g/mol. The first-order chi connectivity index (χ1) is 13.0. The second-order valence-electron chi connectivity index (χ2n) is 8.21. The Labute approximate surface area is 158 Å². The van der Waals surface area contributed by atoms with Gasteiger partial charge in [-0.25, -0.2) is 18.0 Å². The lowest BCUT2D eigenvalue weighted by molar-refractivity contribution is -0.0346. The van der Waals surface area contributed by atoms with Crippen molar-refractivity contribution in [1.29, 1.82) is 0 Å². The number of alkyl halides is 2. The molecular weight excluding hydrogens is 377 g/mol. The Hall–Kier alpha value is -2.07. The van der Waals surface area contributed by atoms with E-state index in [2.05, 4.69) is 4.98 Å². The van der Waals surface area contributed by atoms with Crippen molar-refractivity contribution in [2.24, 2.45) is 11.7 Å². The van der Waals surface area contributed by atoms with Crippen molar-refractivity contribution in [3.05, 3.63) is 37.9 Å². The first kappa shape index (κ1) is 19.3. The summed E-state index contributed by atoms with van der Waals surface area (Å²) in [6.45, 7) is 2.22. The van der Waals surface area contributed by atoms with Gasteiger partial charge in [0.2, 0.25) is 0 Å². The van der Waals surface area contributed by atoms with Crippen LogP contribution in [0.5, 0.6) is 0 Å². The van der Waals surface area contributed by atoms with Crippen LogP contribution >= 0.6 is 0 Å². The molecule has 1 saturated heterocycles. The molecule has 1 aliphatic heterocycles. The van der Waals surface area contributed by atoms with Crippen molar-refractivity contribution in [2.45, 2.75) is 56.7 Å². The van der Waals surface area contributed by atoms with E-state index in [9.17, 15) is 23.5 Å². The van der Waals surface area contributed by atoms with Crippen molar-refractivity contribution in [1.82, 2.24) is 14.5 Å². The highest BCUT2D eigenvalue weighted by atomic mass is 19.3. The number of hydrogen-bond donors (Lipinski definition) is 3. The summed E-state index contributed by atoms with van der Waals surface area (Å²) in [5.41, 5.74) is 4.10. The number of H-pyrrole nitrogens is 1. The second-order valence-corrected chi connectivity index (χ2v) is 8.21. The molecule has 2 heterocycles. The van der Waals surface area contributed by atoms with E-state index >= 15 is 4.39 Å². The zero-order valence-corrected chi connectivity index (χ0v) is 15.6. The maximum absolute atomic E-state index is 15.1. The van der Waals surface area contributed by atoms with Crippen LogP contribution in [0.25, 0.3) is 5.76 Å². The second kappa shape index (κ2) is 6.21. The number of fused-ring (bicyclic) bond motifs is 1. The summed E-state index contributed by atoms with van der Waals surface area (Å²) in [6, 6.07) is -2.14. The number of rotatable bonds is 3. The van der Waals surface area contributed by atoms with Crippen molar-refractivity contribution < 1.29 is 18.3 Å². The third-order valence-corrected chi connectivity index (χ3v) is 6.14. The molecule has 0 aromatic carbocycles. The Bertz CT molecular complexity index is 964. The average Bonchev–Trinajstić information content (AvgIpc) is 3.35. The van der Waals surface area contributed by atoms with Gasteiger partial charge in [0.05, 0.1) is 18.5 Å². The molecule has 2 aliphatic carbocycles. The fourth-order valence-electron chi connectivity index (χ4n) is 4.64. The standard InChI is InChI=1S/C18H23F3N4O3/c1-7-13-11(16(27)23-17(28)25(13)9-3-4-9)15(26)12(19)14(7)24-5-10(8(2)22)18(20,21)6-24/h7-10,14,26H,3-6,22H2,1-2H3,(H,23,27,28). The molecule has 0 amide bonds. The van der Waals surface area contributed by atoms with E-state index in [1.165, 1.54) is 16.4 Å². The topological polar surface area (TPSA) is 104 Å². The molecule has 4 N–H and O–H groups in total. The van der Waals surface area contributed by atoms with E-state index in [-0.39, 0.29) is 23.8 Å². The van der Waals surface area contributed by atoms with Gasteiger partial charge in [0, 0.05) is 30.2 Å². The highest BCUT2D eigenvalue weighted by Gasteiger charge is 2.54. The van der Waals surface area contributed by atoms with E-state index in [1.54, 1.807) is 6.92 Å². The molecule has 7 nitrogen and oxygen atoms in total. The molecule has 4 rings (SSSR count). The Balaban J connectivity index is 1.84. The number of hydrogen-bond acceptors (Lipinski definition) is 5. The summed E-state index contributed by atoms with van der Waals surface area (Å²) in [7, 11) is 0. The third kappa shape index (κ3) is 2.73. The van der Waals surface area contributed by atoms with Crippen LogP contribution in [0.4, 0.5) is 13.2 Å². The van der Waals surface area contributed by atoms with E-state index in [1.807, 2.05) is 0 Å². The summed E-state index contributed by atoms with van der Waals surface area (Å²) in [6.07, 6.45) is 1.44. The molecule has 0 spiro atoms. The van der Waals surface area contributed by atoms with Crippen LogP contribution in [-0.2, 0) is 0 Å². The minimum absolute atomic E-state index is 0.146. The maximum atomic E-state index is 15.1. The first-order valence-electron chi connectivity index (χ1n) is 9.39. The van der Waals surface area contributed by atoms with Crippen LogP contribution < -0.4 is 17.0 Å². The fourth-order valence-corrected chi connectivity index (χ4v) is 4.64. The van der Waals surface area contributed by atoms with Crippen LogP contribution in [0.3, 0.4) is 0 Å². The lowest BCUT2D eigenvalue weighted by Crippen LogP contribution is -2.46. The SMILES string of the molecule is CC(N)C1CN(C2C(F)=C(O)c3c(n(C4CC4)c(=O)[nH]c3=O)C2C)CC1(F)F. The number of aliphatic hydroxyl groups is 1. The number of nitrogens with zero attached hydrogens (tertiary/aromatic N) is 2. The number of nitrogens with one attached hydrogen (secondary N) is 1. The molecule has 1 aromatic rings. The zero-order valence-electron chi connectivity index (χ0n) is 15.6. The predicted molar refractivity (Wildman–Crippen MR) is 96.1 cm³/mol. The lowest BCUT2D eigenvalue weighted by atomic mass is 9.86. The molecule has 2 fully saturated rings. The normalized spacial score (nSPS) is 31.1. The minimum atomic E-state index is -3.10. The Morgan fingerprint density at radius 2 is 1.96 bits per heavy atom. The van der Waals surface area contributed by atoms with E-state index in [0.717, 1.165) is 12.8 Å². The molecule has 10 heteroatoms. The highest BCUT2D eigenvalue weighted by Crippen LogP contribution is 2.46. The van der Waals surface area contributed by atoms with Gasteiger partial charge in [-0.1, -0.05) is 6.92 Å². The predicted octanol–water partition coefficient (Wildman–Crippen LogP) is 1.47. The Morgan fingerprint density at radius 3 is 2.50 bits per heavy atom. The number of halogens is 3. The van der Waals surface area contributed by atoms with Crippen LogP contribution in [0.15, 0.2) is 15.4 Å². The summed E-state index contributed by atoms with van der Waals surface area (Å²) < 4.78 is 45.3. The number of aromatic nitrogens is 2. The largest absolute Gasteiger partial charge is 0.504 e. The van der Waals surface area contributed by atoms with Gasteiger partial charge in [0.15, 0.2) is 11.6 Å². The number of aliphatic hydroxyl groups excluding tert-OH is 1. The van der Waals surface area contributed by atoms with Gasteiger partial charge in [-0.15, -0.1) is 0 Å². The quantitative estimate of drug-likeness (QED) is 0.713. The number of nitrogens with two attached hydrogens (primary N) is 1. The van der Waals surface area contributed by atoms with Gasteiger partial charge in [0.25, 0.3) is 11.5 Å². The Morgan fingerprint density at radius 1 is 1.32 bits per heavy atom. The van der Waals surface area contributed by atoms with Crippen molar-refractivity contribution in [2.75, 3.05) is 13.1 Å². The fraction of sp³-hybridized carbons (Fsp3) is 0.667. The Kier molecular flexibility index (Phi) is 4.27. The number of aromatic amines is 1. The van der Waals surface area contributed by atoms with Gasteiger partial charge in [-0.2, -0.15) is 0 Å². The number of likely N-dealkylation sites (tertiary alicyclic amines) is 1. The highest BCUT2D eigenvalue weighted by molar-refractivity contribution is 5.66. The molecule has 4 unspecified atom stereocenters. The summed E-state index contributed by atoms with van der Waals surface area (Å²) in [5.74, 6) is -6.95. The van der Waals surface area contributed by atoms with Crippen molar-refractivity contribution in [3.63, 3.8) is 0 Å². The van der Waals surface area contributed by atoms with Crippen LogP contribution in [0.1, 0.15) is 49.9 Å². The van der Waals surface area contributed by atoms with E-state index in [0.29, 0.717) is 0 Å². The lowest BCUT2D eigenvalue weighted by Gasteiger charge is -2.36. The maximum Gasteiger partial charge on any atom is 0.328 e. The molecule has 3 aliphatic rings. The molecule has 1 aromatic heterocycles. The van der Waals surface area contributed by atoms with E-state index in [4.69, 9.17) is 5.73 Å². The van der Waals surface area contributed by atoms with Gasteiger partial charge in [-0.3, -0.25) is 19.2 Å². The molecule has 154 valence electrons. The first-order valence-corrected chi connectivity index (χ1v) is 9.39. The van der Waals surface area contributed by atoms with Gasteiger partial charge < -0.3 is 10.8 Å². The molecule has 4 atom stereocenters. The van der Waals surface area contributed by atoms with Crippen molar-refractivity contribution in [3.8, 4) is 0 Å². The summed E-state index contributed by atoms with van der Waals surface area (Å²) in [5, 5.41) is 10.4. The minimum Gasteiger partial charge on any atom is -0.504 e. The van der Waals surface area contributed by atoms with Crippen molar-refractivity contribution >= 4 is 5.76 Å². The van der Waals surface area contributed by atoms with Gasteiger partial charge in [-0.05, 0) is 19.8 Å². The average molecular weight is 400 g/mol. The summed E-state index contributed by atoms with van der Waals surface area (Å²) >= 11 is 0. The van der Waals surface area contributed by atoms with Crippen LogP contribution in [-0.4, -0.2) is 50.7 Å². The third-order valence-electron chi connectivity index (χ3n) is 6.14. The molecular formula is C18H23F3N4O3.